The summed E-state index contributed by atoms with van der Waals surface area (Å²) in [6.45, 7) is 5.74. The lowest BCUT2D eigenvalue weighted by molar-refractivity contribution is -1.02. The summed E-state index contributed by atoms with van der Waals surface area (Å²) in [4.78, 5) is 29.9. The number of allylic oxidation sites excluding steroid dienone is 2. The van der Waals surface area contributed by atoms with Crippen molar-refractivity contribution in [2.24, 2.45) is 11.8 Å². The molecule has 0 aromatic heterocycles. The third-order valence-corrected chi connectivity index (χ3v) is 6.97. The average Bonchev–Trinajstić information content (AvgIpc) is 3.00. The van der Waals surface area contributed by atoms with E-state index in [1.807, 2.05) is 0 Å². The molecule has 150 valence electrons. The summed E-state index contributed by atoms with van der Waals surface area (Å²) in [5.74, 6) is -0.0971. The summed E-state index contributed by atoms with van der Waals surface area (Å²) in [5, 5.41) is 2.65. The van der Waals surface area contributed by atoms with Crippen LogP contribution in [-0.4, -0.2) is 49.6 Å². The molecular formula is C24H29N3O2+2. The number of nitrogens with zero attached hydrogens (tertiary/aromatic N) is 1. The Labute approximate surface area is 171 Å². The van der Waals surface area contributed by atoms with E-state index in [0.717, 1.165) is 45.6 Å². The first kappa shape index (κ1) is 18.5. The second kappa shape index (κ2) is 7.73. The van der Waals surface area contributed by atoms with E-state index in [9.17, 15) is 9.59 Å². The number of piperazine rings is 1. The predicted molar refractivity (Wildman–Crippen MR) is 111 cm³/mol. The van der Waals surface area contributed by atoms with E-state index in [0.29, 0.717) is 6.67 Å². The fourth-order valence-electron chi connectivity index (χ4n) is 5.26. The molecule has 2 N–H and O–H groups in total. The van der Waals surface area contributed by atoms with Gasteiger partial charge in [0, 0.05) is 5.56 Å². The van der Waals surface area contributed by atoms with Gasteiger partial charge in [-0.1, -0.05) is 54.6 Å². The molecule has 2 amide bonds. The standard InChI is InChI=1S/C24H27N3O2/c28-23-21-10-3-4-11-22(21)24(29)27(23)17-26-14-12-25(13-15-26)16-19-8-5-7-18-6-1-2-9-20(18)19/h1-9,21-22H,10-17H2/p+2/t21-,22-/m1/s1. The molecule has 3 aliphatic rings. The number of hydrogen-bond donors (Lipinski definition) is 2. The van der Waals surface area contributed by atoms with Crippen molar-refractivity contribution >= 4 is 22.6 Å². The van der Waals surface area contributed by atoms with Gasteiger partial charge in [0.2, 0.25) is 11.8 Å². The minimum Gasteiger partial charge on any atom is -0.322 e. The van der Waals surface area contributed by atoms with Crippen molar-refractivity contribution in [2.45, 2.75) is 19.4 Å². The van der Waals surface area contributed by atoms with Crippen LogP contribution in [0.1, 0.15) is 18.4 Å². The number of rotatable bonds is 4. The Morgan fingerprint density at radius 1 is 0.793 bits per heavy atom. The van der Waals surface area contributed by atoms with Gasteiger partial charge in [-0.25, -0.2) is 4.90 Å². The molecular weight excluding hydrogens is 362 g/mol. The number of fused-ring (bicyclic) bond motifs is 2. The molecule has 0 unspecified atom stereocenters. The van der Waals surface area contributed by atoms with Crippen LogP contribution in [0.5, 0.6) is 0 Å². The highest BCUT2D eigenvalue weighted by atomic mass is 16.2. The quantitative estimate of drug-likeness (QED) is 0.571. The first-order valence-electron chi connectivity index (χ1n) is 10.8. The zero-order chi connectivity index (χ0) is 19.8. The van der Waals surface area contributed by atoms with Crippen LogP contribution in [-0.2, 0) is 16.1 Å². The lowest BCUT2D eigenvalue weighted by Gasteiger charge is -2.31. The number of likely N-dealkylation sites (tertiary alicyclic amines) is 1. The van der Waals surface area contributed by atoms with Crippen LogP contribution in [0.2, 0.25) is 0 Å². The molecule has 29 heavy (non-hydrogen) atoms. The molecule has 0 radical (unpaired) electrons. The topological polar surface area (TPSA) is 46.3 Å². The highest BCUT2D eigenvalue weighted by molar-refractivity contribution is 6.05. The molecule has 5 nitrogen and oxygen atoms in total. The van der Waals surface area contributed by atoms with E-state index in [-0.39, 0.29) is 23.7 Å². The highest BCUT2D eigenvalue weighted by Gasteiger charge is 2.48. The van der Waals surface area contributed by atoms with Gasteiger partial charge < -0.3 is 9.80 Å². The number of quaternary nitrogens is 2. The maximum Gasteiger partial charge on any atom is 0.237 e. The van der Waals surface area contributed by atoms with Crippen molar-refractivity contribution in [1.29, 1.82) is 0 Å². The lowest BCUT2D eigenvalue weighted by Crippen LogP contribution is -3.28. The Bertz CT molecular complexity index is 930. The molecule has 2 aromatic rings. The van der Waals surface area contributed by atoms with Crippen LogP contribution in [0.3, 0.4) is 0 Å². The Morgan fingerprint density at radius 2 is 1.41 bits per heavy atom. The number of hydrogen-bond acceptors (Lipinski definition) is 2. The Morgan fingerprint density at radius 3 is 2.14 bits per heavy atom. The first-order chi connectivity index (χ1) is 14.2. The van der Waals surface area contributed by atoms with Crippen LogP contribution in [0.4, 0.5) is 0 Å². The van der Waals surface area contributed by atoms with Gasteiger partial charge in [-0.15, -0.1) is 0 Å². The number of amides is 2. The average molecular weight is 392 g/mol. The van der Waals surface area contributed by atoms with E-state index in [1.165, 1.54) is 21.2 Å². The molecule has 1 aliphatic carbocycles. The van der Waals surface area contributed by atoms with E-state index in [2.05, 4.69) is 54.6 Å². The van der Waals surface area contributed by atoms with Crippen LogP contribution in [0.25, 0.3) is 10.8 Å². The fourth-order valence-corrected chi connectivity index (χ4v) is 5.26. The summed E-state index contributed by atoms with van der Waals surface area (Å²) in [6.07, 6.45) is 5.56. The lowest BCUT2D eigenvalue weighted by atomic mass is 9.85. The summed E-state index contributed by atoms with van der Waals surface area (Å²) in [6, 6.07) is 15.2. The first-order valence-corrected chi connectivity index (χ1v) is 10.8. The maximum absolute atomic E-state index is 12.7. The molecule has 5 heteroatoms. The molecule has 0 saturated carbocycles. The van der Waals surface area contributed by atoms with Crippen molar-refractivity contribution in [3.05, 3.63) is 60.2 Å². The van der Waals surface area contributed by atoms with Crippen molar-refractivity contribution < 1.29 is 19.4 Å². The molecule has 2 fully saturated rings. The molecule has 2 heterocycles. The van der Waals surface area contributed by atoms with Gasteiger partial charge in [0.1, 0.15) is 32.7 Å². The number of imide groups is 1. The molecule has 2 aromatic carbocycles. The monoisotopic (exact) mass is 391 g/mol. The molecule has 2 aliphatic heterocycles. The third-order valence-electron chi connectivity index (χ3n) is 6.97. The maximum atomic E-state index is 12.7. The Hall–Kier alpha value is -2.50. The van der Waals surface area contributed by atoms with E-state index < -0.39 is 0 Å². The second-order valence-electron chi connectivity index (χ2n) is 8.73. The Balaban J connectivity index is 1.19. The van der Waals surface area contributed by atoms with Crippen molar-refractivity contribution in [3.8, 4) is 0 Å². The summed E-state index contributed by atoms with van der Waals surface area (Å²) in [7, 11) is 0. The van der Waals surface area contributed by atoms with Crippen LogP contribution in [0, 0.1) is 11.8 Å². The summed E-state index contributed by atoms with van der Waals surface area (Å²) in [5.41, 5.74) is 1.41. The van der Waals surface area contributed by atoms with E-state index >= 15 is 0 Å². The minimum absolute atomic E-state index is 0.0578. The van der Waals surface area contributed by atoms with Gasteiger partial charge in [-0.2, -0.15) is 0 Å². The van der Waals surface area contributed by atoms with Gasteiger partial charge in [0.15, 0.2) is 6.67 Å². The summed E-state index contributed by atoms with van der Waals surface area (Å²) < 4.78 is 0. The molecule has 0 bridgehead atoms. The Kier molecular flexibility index (Phi) is 4.94. The van der Waals surface area contributed by atoms with Gasteiger partial charge in [0.25, 0.3) is 0 Å². The van der Waals surface area contributed by atoms with Crippen LogP contribution >= 0.6 is 0 Å². The fraction of sp³-hybridized carbons (Fsp3) is 0.417. The van der Waals surface area contributed by atoms with Crippen LogP contribution < -0.4 is 9.80 Å². The largest absolute Gasteiger partial charge is 0.322 e. The molecule has 2 saturated heterocycles. The number of carbonyl (C=O) groups excluding carboxylic acids is 2. The second-order valence-corrected chi connectivity index (χ2v) is 8.73. The zero-order valence-corrected chi connectivity index (χ0v) is 16.8. The van der Waals surface area contributed by atoms with E-state index in [1.54, 1.807) is 9.80 Å². The molecule has 0 spiro atoms. The third kappa shape index (κ3) is 3.49. The van der Waals surface area contributed by atoms with Gasteiger partial charge in [-0.05, 0) is 23.6 Å². The van der Waals surface area contributed by atoms with Gasteiger partial charge >= 0.3 is 0 Å². The van der Waals surface area contributed by atoms with Gasteiger partial charge in [0.05, 0.1) is 11.8 Å². The smallest absolute Gasteiger partial charge is 0.237 e. The van der Waals surface area contributed by atoms with Crippen molar-refractivity contribution in [1.82, 2.24) is 4.90 Å². The van der Waals surface area contributed by atoms with E-state index in [4.69, 9.17) is 0 Å². The predicted octanol–water partition coefficient (Wildman–Crippen LogP) is 0.0319. The minimum atomic E-state index is -0.106. The van der Waals surface area contributed by atoms with Crippen molar-refractivity contribution in [2.75, 3.05) is 32.8 Å². The number of benzene rings is 2. The highest BCUT2D eigenvalue weighted by Crippen LogP contribution is 2.34. The molecule has 2 atom stereocenters. The van der Waals surface area contributed by atoms with Gasteiger partial charge in [-0.3, -0.25) is 9.59 Å². The SMILES string of the molecule is O=C1[C@@H]2CC=CC[C@H]2C(=O)N1C[NH+]1CC[NH+](Cc2cccc3ccccc23)CC1. The van der Waals surface area contributed by atoms with Crippen molar-refractivity contribution in [3.63, 3.8) is 0 Å². The summed E-state index contributed by atoms with van der Waals surface area (Å²) >= 11 is 0. The molecule has 5 rings (SSSR count). The number of carbonyl (C=O) groups is 2. The van der Waals surface area contributed by atoms with Crippen LogP contribution in [0.15, 0.2) is 54.6 Å². The zero-order valence-electron chi connectivity index (χ0n) is 16.8. The number of nitrogens with one attached hydrogen (secondary N) is 2. The normalized spacial score (nSPS) is 29.4.